The Labute approximate surface area is 188 Å². The van der Waals surface area contributed by atoms with Gasteiger partial charge in [-0.15, -0.1) is 11.3 Å². The molecule has 0 saturated carbocycles. The highest BCUT2D eigenvalue weighted by Gasteiger charge is 2.27. The molecule has 0 radical (unpaired) electrons. The van der Waals surface area contributed by atoms with Crippen molar-refractivity contribution in [2.45, 2.75) is 49.7 Å². The van der Waals surface area contributed by atoms with Crippen LogP contribution in [0.25, 0.3) is 0 Å². The van der Waals surface area contributed by atoms with E-state index in [1.807, 2.05) is 0 Å². The summed E-state index contributed by atoms with van der Waals surface area (Å²) in [5.41, 5.74) is 0.540. The second-order valence-corrected chi connectivity index (χ2v) is 10.8. The molecule has 1 aliphatic rings. The van der Waals surface area contributed by atoms with E-state index in [2.05, 4.69) is 12.2 Å². The zero-order chi connectivity index (χ0) is 22.3. The number of carbonyl (C=O) groups excluding carboxylic acids is 1. The van der Waals surface area contributed by atoms with Gasteiger partial charge in [0, 0.05) is 24.0 Å². The van der Waals surface area contributed by atoms with Gasteiger partial charge in [0.05, 0.1) is 25.8 Å². The van der Waals surface area contributed by atoms with E-state index in [0.717, 1.165) is 43.4 Å². The fraction of sp³-hybridized carbons (Fsp3) is 0.500. The minimum atomic E-state index is -3.48. The average molecular weight is 467 g/mol. The Morgan fingerprint density at radius 2 is 1.94 bits per heavy atom. The molecule has 0 atom stereocenters. The minimum absolute atomic E-state index is 0.0891. The van der Waals surface area contributed by atoms with Crippen LogP contribution in [0.3, 0.4) is 0 Å². The number of piperidine rings is 1. The third kappa shape index (κ3) is 6.21. The number of hydrogen-bond donors (Lipinski definition) is 1. The van der Waals surface area contributed by atoms with Crippen LogP contribution < -0.4 is 14.8 Å². The van der Waals surface area contributed by atoms with Crippen molar-refractivity contribution in [1.29, 1.82) is 0 Å². The molecule has 2 aromatic rings. The number of anilines is 1. The van der Waals surface area contributed by atoms with Crippen LogP contribution in [0.4, 0.5) is 5.69 Å². The molecule has 1 aliphatic heterocycles. The molecule has 9 heteroatoms. The smallest absolute Gasteiger partial charge is 0.252 e. The number of unbranched alkanes of at least 4 members (excludes halogenated alkanes) is 1. The first-order valence-corrected chi connectivity index (χ1v) is 12.9. The number of nitrogens with zero attached hydrogens (tertiary/aromatic N) is 1. The quantitative estimate of drug-likeness (QED) is 0.528. The van der Waals surface area contributed by atoms with Crippen LogP contribution in [0.15, 0.2) is 34.5 Å². The van der Waals surface area contributed by atoms with Gasteiger partial charge >= 0.3 is 0 Å². The van der Waals surface area contributed by atoms with Gasteiger partial charge in [-0.1, -0.05) is 19.8 Å². The largest absolute Gasteiger partial charge is 0.497 e. The van der Waals surface area contributed by atoms with Crippen LogP contribution in [0.1, 0.15) is 43.9 Å². The highest BCUT2D eigenvalue weighted by Crippen LogP contribution is 2.31. The van der Waals surface area contributed by atoms with Gasteiger partial charge in [-0.3, -0.25) is 4.79 Å². The SMILES string of the molecule is CCCCOc1ccc(OC)cc1NC(=O)Cc1ccc(S(=O)(=O)N2CCCCC2)s1. The number of ether oxygens (including phenoxy) is 2. The van der Waals surface area contributed by atoms with Gasteiger partial charge in [0.1, 0.15) is 15.7 Å². The molecular formula is C22H30N2O5S2. The number of thiophene rings is 1. The highest BCUT2D eigenvalue weighted by molar-refractivity contribution is 7.91. The molecule has 1 N–H and O–H groups in total. The molecule has 1 fully saturated rings. The van der Waals surface area contributed by atoms with E-state index < -0.39 is 10.0 Å². The van der Waals surface area contributed by atoms with Crippen LogP contribution in [0.2, 0.25) is 0 Å². The number of hydrogen-bond acceptors (Lipinski definition) is 6. The Hall–Kier alpha value is -2.10. The molecule has 1 amide bonds. The van der Waals surface area contributed by atoms with E-state index in [1.54, 1.807) is 41.7 Å². The van der Waals surface area contributed by atoms with Gasteiger partial charge in [0.15, 0.2) is 0 Å². The topological polar surface area (TPSA) is 84.9 Å². The molecule has 170 valence electrons. The molecule has 0 spiro atoms. The third-order valence-corrected chi connectivity index (χ3v) is 8.55. The van der Waals surface area contributed by atoms with Crippen molar-refractivity contribution in [2.24, 2.45) is 0 Å². The molecule has 0 aliphatic carbocycles. The van der Waals surface area contributed by atoms with E-state index in [-0.39, 0.29) is 12.3 Å². The third-order valence-electron chi connectivity index (χ3n) is 5.10. The second-order valence-electron chi connectivity index (χ2n) is 7.47. The Kier molecular flexibility index (Phi) is 8.34. The summed E-state index contributed by atoms with van der Waals surface area (Å²) in [6, 6.07) is 8.60. The van der Waals surface area contributed by atoms with Gasteiger partial charge < -0.3 is 14.8 Å². The minimum Gasteiger partial charge on any atom is -0.497 e. The lowest BCUT2D eigenvalue weighted by molar-refractivity contribution is -0.115. The molecule has 7 nitrogen and oxygen atoms in total. The fourth-order valence-electron chi connectivity index (χ4n) is 3.36. The molecule has 1 aromatic carbocycles. The van der Waals surface area contributed by atoms with Crippen molar-refractivity contribution in [3.8, 4) is 11.5 Å². The summed E-state index contributed by atoms with van der Waals surface area (Å²) in [5, 5.41) is 2.87. The summed E-state index contributed by atoms with van der Waals surface area (Å²) in [4.78, 5) is 13.4. The van der Waals surface area contributed by atoms with Crippen LogP contribution >= 0.6 is 11.3 Å². The van der Waals surface area contributed by atoms with Gasteiger partial charge in [-0.2, -0.15) is 4.31 Å². The first kappa shape index (κ1) is 23.6. The summed E-state index contributed by atoms with van der Waals surface area (Å²) in [6.45, 7) is 3.77. The lowest BCUT2D eigenvalue weighted by Gasteiger charge is -2.25. The maximum Gasteiger partial charge on any atom is 0.252 e. The Bertz CT molecular complexity index is 982. The van der Waals surface area contributed by atoms with Crippen LogP contribution in [-0.2, 0) is 21.2 Å². The Morgan fingerprint density at radius 3 is 2.65 bits per heavy atom. The number of amides is 1. The highest BCUT2D eigenvalue weighted by atomic mass is 32.2. The Balaban J connectivity index is 1.67. The van der Waals surface area contributed by atoms with E-state index >= 15 is 0 Å². The van der Waals surface area contributed by atoms with Crippen molar-refractivity contribution >= 4 is 33.0 Å². The summed E-state index contributed by atoms with van der Waals surface area (Å²) in [6.07, 6.45) is 4.87. The van der Waals surface area contributed by atoms with Gasteiger partial charge in [0.2, 0.25) is 5.91 Å². The van der Waals surface area contributed by atoms with Crippen molar-refractivity contribution in [3.05, 3.63) is 35.2 Å². The first-order chi connectivity index (χ1) is 14.9. The molecule has 2 heterocycles. The molecule has 31 heavy (non-hydrogen) atoms. The molecule has 3 rings (SSSR count). The van der Waals surface area contributed by atoms with Crippen molar-refractivity contribution in [2.75, 3.05) is 32.1 Å². The first-order valence-electron chi connectivity index (χ1n) is 10.6. The average Bonchev–Trinajstić information content (AvgIpc) is 3.24. The normalized spacial score (nSPS) is 14.9. The maximum atomic E-state index is 12.8. The lowest BCUT2D eigenvalue weighted by atomic mass is 10.2. The molecule has 1 saturated heterocycles. The Morgan fingerprint density at radius 1 is 1.16 bits per heavy atom. The maximum absolute atomic E-state index is 12.8. The fourth-order valence-corrected chi connectivity index (χ4v) is 6.39. The monoisotopic (exact) mass is 466 g/mol. The molecule has 0 bridgehead atoms. The predicted molar refractivity (Wildman–Crippen MR) is 123 cm³/mol. The van der Waals surface area contributed by atoms with Gasteiger partial charge in [-0.05, 0) is 43.5 Å². The van der Waals surface area contributed by atoms with Crippen LogP contribution in [0.5, 0.6) is 11.5 Å². The van der Waals surface area contributed by atoms with Gasteiger partial charge in [-0.25, -0.2) is 8.42 Å². The van der Waals surface area contributed by atoms with E-state index in [1.165, 1.54) is 0 Å². The number of methoxy groups -OCH3 is 1. The zero-order valence-electron chi connectivity index (χ0n) is 18.1. The van der Waals surface area contributed by atoms with E-state index in [9.17, 15) is 13.2 Å². The summed E-state index contributed by atoms with van der Waals surface area (Å²) >= 11 is 1.15. The van der Waals surface area contributed by atoms with Crippen molar-refractivity contribution in [1.82, 2.24) is 4.31 Å². The molecular weight excluding hydrogens is 436 g/mol. The zero-order valence-corrected chi connectivity index (χ0v) is 19.7. The number of carbonyl (C=O) groups is 1. The van der Waals surface area contributed by atoms with E-state index in [4.69, 9.17) is 9.47 Å². The number of sulfonamides is 1. The molecule has 1 aromatic heterocycles. The van der Waals surface area contributed by atoms with Crippen molar-refractivity contribution in [3.63, 3.8) is 0 Å². The number of rotatable bonds is 10. The van der Waals surface area contributed by atoms with Crippen LogP contribution in [0, 0.1) is 0 Å². The number of benzene rings is 1. The van der Waals surface area contributed by atoms with Crippen molar-refractivity contribution < 1.29 is 22.7 Å². The second kappa shape index (κ2) is 11.0. The van der Waals surface area contributed by atoms with Gasteiger partial charge in [0.25, 0.3) is 10.0 Å². The van der Waals surface area contributed by atoms with Crippen LogP contribution in [-0.4, -0.2) is 45.4 Å². The summed E-state index contributed by atoms with van der Waals surface area (Å²) in [5.74, 6) is 0.962. The predicted octanol–water partition coefficient (Wildman–Crippen LogP) is 4.29. The summed E-state index contributed by atoms with van der Waals surface area (Å²) in [7, 11) is -1.92. The molecule has 0 unspecified atom stereocenters. The van der Waals surface area contributed by atoms with E-state index in [0.29, 0.717) is 46.0 Å². The standard InChI is InChI=1S/C22H30N2O5S2/c1-3-4-14-29-20-10-8-17(28-2)15-19(20)23-21(25)16-18-9-11-22(30-18)31(26,27)24-12-6-5-7-13-24/h8-11,15H,3-7,12-14,16H2,1-2H3,(H,23,25). The number of nitrogens with one attached hydrogen (secondary N) is 1. The summed E-state index contributed by atoms with van der Waals surface area (Å²) < 4.78 is 38.5. The lowest BCUT2D eigenvalue weighted by Crippen LogP contribution is -2.35.